The number of hydrogen-bond acceptors (Lipinski definition) is 5. The number of aryl methyl sites for hydroxylation is 1. The Kier molecular flexibility index (Phi) is 4.84. The third-order valence-corrected chi connectivity index (χ3v) is 4.24. The zero-order valence-electron chi connectivity index (χ0n) is 11.1. The first-order valence-corrected chi connectivity index (χ1v) is 7.17. The lowest BCUT2D eigenvalue weighted by atomic mass is 10.4. The van der Waals surface area contributed by atoms with Crippen LogP contribution in [0.15, 0.2) is 4.90 Å². The molecule has 1 rings (SSSR count). The van der Waals surface area contributed by atoms with Gasteiger partial charge in [-0.2, -0.15) is 5.10 Å². The maximum atomic E-state index is 12.1. The van der Waals surface area contributed by atoms with E-state index in [0.717, 1.165) is 4.68 Å². The summed E-state index contributed by atoms with van der Waals surface area (Å²) in [5.74, 6) is -1.75. The number of carbonyl (C=O) groups excluding carboxylic acids is 1. The molecule has 0 spiro atoms. The molecule has 1 amide bonds. The molecule has 1 aromatic rings. The molecule has 0 bridgehead atoms. The van der Waals surface area contributed by atoms with E-state index in [0.29, 0.717) is 0 Å². The number of nitrogens with one attached hydrogen (secondary N) is 1. The van der Waals surface area contributed by atoms with Gasteiger partial charge < -0.3 is 10.8 Å². The lowest BCUT2D eigenvalue weighted by Gasteiger charge is -2.06. The van der Waals surface area contributed by atoms with Crippen molar-refractivity contribution in [1.82, 2.24) is 14.5 Å². The van der Waals surface area contributed by atoms with Crippen molar-refractivity contribution < 1.29 is 23.1 Å². The zero-order chi connectivity index (χ0) is 15.5. The molecule has 0 aliphatic heterocycles. The maximum Gasteiger partial charge on any atom is 0.325 e. The molecule has 0 aromatic carbocycles. The van der Waals surface area contributed by atoms with Crippen LogP contribution in [0.4, 0.5) is 0 Å². The molecular formula is C10H16N4O5S. The molecule has 4 N–H and O–H groups in total. The number of aliphatic carboxylic acids is 1. The zero-order valence-corrected chi connectivity index (χ0v) is 11.9. The van der Waals surface area contributed by atoms with E-state index in [2.05, 4.69) is 9.82 Å². The van der Waals surface area contributed by atoms with Crippen LogP contribution in [0.1, 0.15) is 17.8 Å². The third kappa shape index (κ3) is 3.78. The van der Waals surface area contributed by atoms with Crippen LogP contribution in [0, 0.1) is 13.8 Å². The Labute approximate surface area is 115 Å². The second-order valence-corrected chi connectivity index (χ2v) is 5.87. The Bertz CT molecular complexity index is 634. The number of carbonyl (C=O) groups is 2. The summed E-state index contributed by atoms with van der Waals surface area (Å²) >= 11 is 0. The molecule has 10 heteroatoms. The van der Waals surface area contributed by atoms with E-state index in [1.54, 1.807) is 0 Å². The second-order valence-electron chi connectivity index (χ2n) is 4.17. The van der Waals surface area contributed by atoms with E-state index in [9.17, 15) is 18.0 Å². The highest BCUT2D eigenvalue weighted by Gasteiger charge is 2.24. The van der Waals surface area contributed by atoms with Crippen molar-refractivity contribution in [2.75, 3.05) is 6.54 Å². The van der Waals surface area contributed by atoms with Crippen molar-refractivity contribution in [2.45, 2.75) is 31.7 Å². The molecule has 0 radical (unpaired) electrons. The molecule has 112 valence electrons. The van der Waals surface area contributed by atoms with Gasteiger partial charge in [-0.3, -0.25) is 14.3 Å². The monoisotopic (exact) mass is 304 g/mol. The van der Waals surface area contributed by atoms with Gasteiger partial charge in [0.25, 0.3) is 0 Å². The van der Waals surface area contributed by atoms with Crippen molar-refractivity contribution in [2.24, 2.45) is 5.73 Å². The Morgan fingerprint density at radius 2 is 2.00 bits per heavy atom. The minimum Gasteiger partial charge on any atom is -0.480 e. The second kappa shape index (κ2) is 6.01. The van der Waals surface area contributed by atoms with Gasteiger partial charge in [0.2, 0.25) is 15.9 Å². The average molecular weight is 304 g/mol. The van der Waals surface area contributed by atoms with Crippen LogP contribution >= 0.6 is 0 Å². The van der Waals surface area contributed by atoms with Gasteiger partial charge in [0, 0.05) is 13.0 Å². The summed E-state index contributed by atoms with van der Waals surface area (Å²) in [5, 5.41) is 12.6. The number of carboxylic acid groups (broad SMARTS) is 1. The Morgan fingerprint density at radius 1 is 1.40 bits per heavy atom. The molecule has 9 nitrogen and oxygen atoms in total. The SMILES string of the molecule is Cc1nn(CC(=O)O)c(C)c1S(=O)(=O)NCCC(N)=O. The molecule has 0 aliphatic carbocycles. The van der Waals surface area contributed by atoms with Gasteiger partial charge in [0.15, 0.2) is 0 Å². The van der Waals surface area contributed by atoms with Crippen LogP contribution < -0.4 is 10.5 Å². The van der Waals surface area contributed by atoms with E-state index in [1.165, 1.54) is 13.8 Å². The highest BCUT2D eigenvalue weighted by molar-refractivity contribution is 7.89. The number of hydrogen-bond donors (Lipinski definition) is 3. The molecule has 0 atom stereocenters. The largest absolute Gasteiger partial charge is 0.480 e. The molecular weight excluding hydrogens is 288 g/mol. The number of nitrogens with two attached hydrogens (primary N) is 1. The van der Waals surface area contributed by atoms with Crippen molar-refractivity contribution in [1.29, 1.82) is 0 Å². The van der Waals surface area contributed by atoms with E-state index < -0.39 is 28.4 Å². The van der Waals surface area contributed by atoms with E-state index >= 15 is 0 Å². The summed E-state index contributed by atoms with van der Waals surface area (Å²) in [4.78, 5) is 21.2. The Balaban J connectivity index is 3.03. The van der Waals surface area contributed by atoms with Crippen LogP contribution in [0.5, 0.6) is 0 Å². The molecule has 0 saturated carbocycles. The first-order valence-electron chi connectivity index (χ1n) is 5.69. The van der Waals surface area contributed by atoms with Gasteiger partial charge in [-0.25, -0.2) is 13.1 Å². The molecule has 0 aliphatic rings. The van der Waals surface area contributed by atoms with Crippen LogP contribution in [0.2, 0.25) is 0 Å². The van der Waals surface area contributed by atoms with Gasteiger partial charge in [-0.1, -0.05) is 0 Å². The van der Waals surface area contributed by atoms with Crippen molar-refractivity contribution in [3.05, 3.63) is 11.4 Å². The number of amides is 1. The van der Waals surface area contributed by atoms with E-state index in [1.807, 2.05) is 0 Å². The lowest BCUT2D eigenvalue weighted by Crippen LogP contribution is -2.28. The summed E-state index contributed by atoms with van der Waals surface area (Å²) in [5.41, 5.74) is 5.33. The standard InChI is InChI=1S/C10H16N4O5S/c1-6-10(7(2)14(13-6)5-9(16)17)20(18,19)12-4-3-8(11)15/h12H,3-5H2,1-2H3,(H2,11,15)(H,16,17). The number of rotatable bonds is 7. The fraction of sp³-hybridized carbons (Fsp3) is 0.500. The summed E-state index contributed by atoms with van der Waals surface area (Å²) in [7, 11) is -3.87. The van der Waals surface area contributed by atoms with E-state index in [4.69, 9.17) is 10.8 Å². The number of primary amides is 1. The minimum atomic E-state index is -3.87. The Hall–Kier alpha value is -1.94. The lowest BCUT2D eigenvalue weighted by molar-refractivity contribution is -0.138. The average Bonchev–Trinajstić information content (AvgIpc) is 2.52. The summed E-state index contributed by atoms with van der Waals surface area (Å²) in [6.07, 6.45) is -0.124. The van der Waals surface area contributed by atoms with Gasteiger partial charge in [-0.05, 0) is 13.8 Å². The van der Waals surface area contributed by atoms with Crippen molar-refractivity contribution in [3.8, 4) is 0 Å². The van der Waals surface area contributed by atoms with Gasteiger partial charge in [-0.15, -0.1) is 0 Å². The van der Waals surface area contributed by atoms with Gasteiger partial charge in [0.1, 0.15) is 11.4 Å². The number of sulfonamides is 1. The van der Waals surface area contributed by atoms with Crippen LogP contribution in [0.3, 0.4) is 0 Å². The first kappa shape index (κ1) is 16.1. The molecule has 0 fully saturated rings. The Morgan fingerprint density at radius 3 is 2.50 bits per heavy atom. The minimum absolute atomic E-state index is 0.0804. The summed E-state index contributed by atoms with van der Waals surface area (Å²) in [6.45, 7) is 2.38. The highest BCUT2D eigenvalue weighted by Crippen LogP contribution is 2.19. The quantitative estimate of drug-likeness (QED) is 0.573. The topological polar surface area (TPSA) is 144 Å². The predicted octanol–water partition coefficient (Wildman–Crippen LogP) is -1.26. The number of carboxylic acids is 1. The highest BCUT2D eigenvalue weighted by atomic mass is 32.2. The van der Waals surface area contributed by atoms with Gasteiger partial charge in [0.05, 0.1) is 11.4 Å². The maximum absolute atomic E-state index is 12.1. The van der Waals surface area contributed by atoms with E-state index in [-0.39, 0.29) is 29.2 Å². The normalized spacial score (nSPS) is 11.5. The number of nitrogens with zero attached hydrogens (tertiary/aromatic N) is 2. The number of aromatic nitrogens is 2. The molecule has 20 heavy (non-hydrogen) atoms. The van der Waals surface area contributed by atoms with Crippen molar-refractivity contribution in [3.63, 3.8) is 0 Å². The first-order chi connectivity index (χ1) is 9.15. The van der Waals surface area contributed by atoms with Crippen LogP contribution in [-0.2, 0) is 26.2 Å². The molecule has 0 unspecified atom stereocenters. The fourth-order valence-electron chi connectivity index (χ4n) is 1.73. The molecule has 0 saturated heterocycles. The third-order valence-electron chi connectivity index (χ3n) is 2.53. The molecule has 1 aromatic heterocycles. The van der Waals surface area contributed by atoms with Crippen LogP contribution in [0.25, 0.3) is 0 Å². The van der Waals surface area contributed by atoms with Crippen molar-refractivity contribution >= 4 is 21.9 Å². The smallest absolute Gasteiger partial charge is 0.325 e. The predicted molar refractivity (Wildman–Crippen MR) is 68.3 cm³/mol. The fourth-order valence-corrected chi connectivity index (χ4v) is 3.17. The molecule has 1 heterocycles. The summed E-state index contributed by atoms with van der Waals surface area (Å²) < 4.78 is 27.5. The summed E-state index contributed by atoms with van der Waals surface area (Å²) in [6, 6.07) is 0. The van der Waals surface area contributed by atoms with Gasteiger partial charge >= 0.3 is 5.97 Å². The van der Waals surface area contributed by atoms with Crippen LogP contribution in [-0.4, -0.2) is 41.7 Å².